The van der Waals surface area contributed by atoms with Crippen LogP contribution in [0.15, 0.2) is 103 Å². The summed E-state index contributed by atoms with van der Waals surface area (Å²) in [6, 6.07) is 27.4. The molecule has 0 atom stereocenters. The summed E-state index contributed by atoms with van der Waals surface area (Å²) in [7, 11) is 1.37. The number of carboxylic acids is 1. The number of nitrogens with one attached hydrogen (secondary N) is 1. The molecule has 0 radical (unpaired) electrons. The molecule has 0 aliphatic heterocycles. The smallest absolute Gasteiger partial charge is 0.331 e. The van der Waals surface area contributed by atoms with Crippen molar-refractivity contribution in [2.75, 3.05) is 7.11 Å². The zero-order chi connectivity index (χ0) is 32.9. The Labute approximate surface area is 269 Å². The lowest BCUT2D eigenvalue weighted by Crippen LogP contribution is -2.16. The van der Waals surface area contributed by atoms with Crippen LogP contribution in [0.1, 0.15) is 22.3 Å². The summed E-state index contributed by atoms with van der Waals surface area (Å²) in [6.07, 6.45) is 6.88. The molecule has 2 N–H and O–H groups in total. The number of nitro groups is 1. The Balaban J connectivity index is 1.29. The van der Waals surface area contributed by atoms with E-state index in [0.29, 0.717) is 35.4 Å². The second kappa shape index (κ2) is 13.4. The standard InChI is InChI=1S/C37H29N3O7/c1-46-31-8-4-7-30(36(31)40(44)45)37-38-34(25-15-9-23(10-16-25)13-19-32(41)42)35(39-37)26-17-11-24(12-18-26)14-20-33(43)47-29-21-27-5-2-3-6-28(27)22-29/h2-20,29H,21-22H2,1H3,(H,38,39)(H,41,42)/b19-13+,20-14+. The lowest BCUT2D eigenvalue weighted by Gasteiger charge is -2.09. The number of esters is 1. The molecule has 10 nitrogen and oxygen atoms in total. The lowest BCUT2D eigenvalue weighted by atomic mass is 10.0. The molecule has 0 saturated carbocycles. The molecule has 1 aliphatic rings. The quantitative estimate of drug-likeness (QED) is 0.0719. The van der Waals surface area contributed by atoms with Gasteiger partial charge in [-0.1, -0.05) is 78.9 Å². The Morgan fingerprint density at radius 3 is 2.09 bits per heavy atom. The Morgan fingerprint density at radius 1 is 0.872 bits per heavy atom. The van der Waals surface area contributed by atoms with E-state index >= 15 is 0 Å². The number of nitrogens with zero attached hydrogens (tertiary/aromatic N) is 2. The van der Waals surface area contributed by atoms with Crippen molar-refractivity contribution in [3.05, 3.63) is 136 Å². The van der Waals surface area contributed by atoms with E-state index in [1.54, 1.807) is 42.5 Å². The van der Waals surface area contributed by atoms with Crippen LogP contribution < -0.4 is 4.74 Å². The Morgan fingerprint density at radius 2 is 1.49 bits per heavy atom. The zero-order valence-electron chi connectivity index (χ0n) is 25.3. The van der Waals surface area contributed by atoms with Crippen LogP contribution in [0.5, 0.6) is 5.75 Å². The molecule has 1 aromatic heterocycles. The predicted molar refractivity (Wildman–Crippen MR) is 178 cm³/mol. The Hall–Kier alpha value is -6.29. The van der Waals surface area contributed by atoms with E-state index in [9.17, 15) is 19.7 Å². The first-order valence-corrected chi connectivity index (χ1v) is 14.8. The zero-order valence-corrected chi connectivity index (χ0v) is 25.3. The van der Waals surface area contributed by atoms with Crippen molar-refractivity contribution in [3.8, 4) is 39.7 Å². The number of aromatic amines is 1. The van der Waals surface area contributed by atoms with Gasteiger partial charge in [0, 0.05) is 36.1 Å². The minimum atomic E-state index is -1.05. The van der Waals surface area contributed by atoms with E-state index in [-0.39, 0.29) is 28.9 Å². The number of imidazole rings is 1. The fraction of sp³-hybridized carbons (Fsp3) is 0.108. The normalized spacial score (nSPS) is 12.8. The third-order valence-corrected chi connectivity index (χ3v) is 7.87. The number of carboxylic acid groups (broad SMARTS) is 1. The number of rotatable bonds is 10. The van der Waals surface area contributed by atoms with Gasteiger partial charge in [0.15, 0.2) is 5.75 Å². The van der Waals surface area contributed by atoms with Crippen LogP contribution in [0.2, 0.25) is 0 Å². The van der Waals surface area contributed by atoms with Crippen molar-refractivity contribution < 1.29 is 29.1 Å². The van der Waals surface area contributed by atoms with Gasteiger partial charge in [-0.3, -0.25) is 10.1 Å². The molecule has 1 aliphatic carbocycles. The van der Waals surface area contributed by atoms with Gasteiger partial charge < -0.3 is 19.6 Å². The largest absolute Gasteiger partial charge is 0.490 e. The summed E-state index contributed by atoms with van der Waals surface area (Å²) < 4.78 is 10.9. The summed E-state index contributed by atoms with van der Waals surface area (Å²) >= 11 is 0. The van der Waals surface area contributed by atoms with Gasteiger partial charge in [0.05, 0.1) is 29.0 Å². The molecular formula is C37H29N3O7. The second-order valence-corrected chi connectivity index (χ2v) is 10.9. The number of hydrogen-bond acceptors (Lipinski definition) is 7. The summed E-state index contributed by atoms with van der Waals surface area (Å²) in [5.41, 5.74) is 6.53. The highest BCUT2D eigenvalue weighted by Crippen LogP contribution is 2.40. The summed E-state index contributed by atoms with van der Waals surface area (Å²) in [5, 5.41) is 21.0. The van der Waals surface area contributed by atoms with Crippen molar-refractivity contribution in [1.29, 1.82) is 0 Å². The highest BCUT2D eigenvalue weighted by atomic mass is 16.6. The highest BCUT2D eigenvalue weighted by molar-refractivity contribution is 5.88. The molecule has 0 amide bonds. The van der Waals surface area contributed by atoms with Crippen molar-refractivity contribution >= 4 is 29.8 Å². The van der Waals surface area contributed by atoms with Gasteiger partial charge in [0.25, 0.3) is 0 Å². The van der Waals surface area contributed by atoms with Gasteiger partial charge in [-0.25, -0.2) is 14.6 Å². The van der Waals surface area contributed by atoms with Crippen LogP contribution in [0.3, 0.4) is 0 Å². The second-order valence-electron chi connectivity index (χ2n) is 10.9. The van der Waals surface area contributed by atoms with Gasteiger partial charge in [0.2, 0.25) is 0 Å². The number of aromatic nitrogens is 2. The number of nitro benzene ring substituents is 1. The molecule has 0 bridgehead atoms. The molecule has 0 saturated heterocycles. The van der Waals surface area contributed by atoms with E-state index in [4.69, 9.17) is 19.6 Å². The molecule has 47 heavy (non-hydrogen) atoms. The van der Waals surface area contributed by atoms with Crippen LogP contribution in [0.25, 0.3) is 46.1 Å². The molecule has 1 heterocycles. The molecular weight excluding hydrogens is 598 g/mol. The van der Waals surface area contributed by atoms with Gasteiger partial charge >= 0.3 is 17.6 Å². The highest BCUT2D eigenvalue weighted by Gasteiger charge is 2.26. The number of ether oxygens (including phenoxy) is 2. The van der Waals surface area contributed by atoms with Crippen molar-refractivity contribution in [2.45, 2.75) is 18.9 Å². The van der Waals surface area contributed by atoms with Gasteiger partial charge in [0.1, 0.15) is 11.9 Å². The molecule has 5 aromatic rings. The maximum Gasteiger partial charge on any atom is 0.331 e. The minimum Gasteiger partial charge on any atom is -0.490 e. The average Bonchev–Trinajstić information content (AvgIpc) is 3.71. The van der Waals surface area contributed by atoms with Crippen LogP contribution >= 0.6 is 0 Å². The first-order chi connectivity index (χ1) is 22.8. The molecule has 4 aromatic carbocycles. The molecule has 0 spiro atoms. The summed E-state index contributed by atoms with van der Waals surface area (Å²) in [6.45, 7) is 0. The third-order valence-electron chi connectivity index (χ3n) is 7.87. The van der Waals surface area contributed by atoms with E-state index in [1.165, 1.54) is 36.5 Å². The maximum absolute atomic E-state index is 12.6. The maximum atomic E-state index is 12.6. The number of aliphatic carboxylic acids is 1. The van der Waals surface area contributed by atoms with Crippen LogP contribution in [0.4, 0.5) is 5.69 Å². The van der Waals surface area contributed by atoms with E-state index < -0.39 is 16.9 Å². The molecule has 234 valence electrons. The van der Waals surface area contributed by atoms with E-state index in [0.717, 1.165) is 17.2 Å². The van der Waals surface area contributed by atoms with Crippen LogP contribution in [-0.2, 0) is 27.2 Å². The molecule has 0 fully saturated rings. The monoisotopic (exact) mass is 627 g/mol. The van der Waals surface area contributed by atoms with E-state index in [1.807, 2.05) is 36.4 Å². The number of carbonyl (C=O) groups excluding carboxylic acids is 1. The van der Waals surface area contributed by atoms with Gasteiger partial charge in [-0.15, -0.1) is 0 Å². The number of fused-ring (bicyclic) bond motifs is 1. The van der Waals surface area contributed by atoms with Crippen molar-refractivity contribution in [3.63, 3.8) is 0 Å². The minimum absolute atomic E-state index is 0.105. The number of carbonyl (C=O) groups is 2. The Kier molecular flexibility index (Phi) is 8.74. The first kappa shape index (κ1) is 30.7. The average molecular weight is 628 g/mol. The number of hydrogen-bond donors (Lipinski definition) is 2. The SMILES string of the molecule is COc1cccc(-c2nc(-c3ccc(/C=C/C(=O)O)cc3)c(-c3ccc(/C=C/C(=O)OC4Cc5ccccc5C4)cc3)[nH]2)c1[N+](=O)[O-]. The number of H-pyrrole nitrogens is 1. The Bertz CT molecular complexity index is 2000. The summed E-state index contributed by atoms with van der Waals surface area (Å²) in [5.74, 6) is -1.08. The third kappa shape index (κ3) is 6.86. The topological polar surface area (TPSA) is 145 Å². The van der Waals surface area contributed by atoms with Crippen molar-refractivity contribution in [1.82, 2.24) is 9.97 Å². The molecule has 10 heteroatoms. The lowest BCUT2D eigenvalue weighted by molar-refractivity contribution is -0.385. The fourth-order valence-electron chi connectivity index (χ4n) is 5.64. The van der Waals surface area contributed by atoms with Crippen LogP contribution in [-0.4, -0.2) is 45.2 Å². The number of benzene rings is 4. The van der Waals surface area contributed by atoms with Crippen molar-refractivity contribution in [2.24, 2.45) is 0 Å². The number of para-hydroxylation sites is 1. The first-order valence-electron chi connectivity index (χ1n) is 14.8. The summed E-state index contributed by atoms with van der Waals surface area (Å²) in [4.78, 5) is 43.1. The fourth-order valence-corrected chi connectivity index (χ4v) is 5.64. The van der Waals surface area contributed by atoms with Gasteiger partial charge in [-0.05, 0) is 46.5 Å². The number of methoxy groups -OCH3 is 1. The van der Waals surface area contributed by atoms with Gasteiger partial charge in [-0.2, -0.15) is 0 Å². The van der Waals surface area contributed by atoms with E-state index in [2.05, 4.69) is 17.1 Å². The van der Waals surface area contributed by atoms with Crippen LogP contribution in [0, 0.1) is 10.1 Å². The molecule has 0 unspecified atom stereocenters. The predicted octanol–water partition coefficient (Wildman–Crippen LogP) is 7.15. The molecule has 6 rings (SSSR count).